The lowest BCUT2D eigenvalue weighted by molar-refractivity contribution is -0.122. The Balaban J connectivity index is 1.66. The quantitative estimate of drug-likeness (QED) is 0.707. The van der Waals surface area contributed by atoms with Gasteiger partial charge in [-0.1, -0.05) is 46.2 Å². The molecule has 31 heavy (non-hydrogen) atoms. The Morgan fingerprint density at radius 1 is 1.26 bits per heavy atom. The average Bonchev–Trinajstić information content (AvgIpc) is 2.75. The maximum atomic E-state index is 12.7. The third-order valence-electron chi connectivity index (χ3n) is 7.33. The van der Waals surface area contributed by atoms with Crippen molar-refractivity contribution in [3.8, 4) is 0 Å². The van der Waals surface area contributed by atoms with Gasteiger partial charge in [-0.15, -0.1) is 0 Å². The van der Waals surface area contributed by atoms with Crippen LogP contribution in [0.25, 0.3) is 0 Å². The summed E-state index contributed by atoms with van der Waals surface area (Å²) < 4.78 is 1.09. The van der Waals surface area contributed by atoms with Crippen molar-refractivity contribution >= 4 is 23.2 Å². The lowest BCUT2D eigenvalue weighted by Gasteiger charge is -2.50. The normalized spacial score (nSPS) is 25.1. The highest BCUT2D eigenvalue weighted by atomic mass is 35.5. The van der Waals surface area contributed by atoms with Gasteiger partial charge < -0.3 is 10.6 Å². The summed E-state index contributed by atoms with van der Waals surface area (Å²) in [5.41, 5.74) is 1.23. The van der Waals surface area contributed by atoms with E-state index >= 15 is 0 Å². The number of rotatable bonds is 6. The van der Waals surface area contributed by atoms with Crippen molar-refractivity contribution in [1.29, 1.82) is 0 Å². The first-order valence-electron chi connectivity index (χ1n) is 10.8. The Hall–Kier alpha value is -2.41. The SMILES string of the molecule is C[C@@H]1[C@@H](C)C(C)(C)[C@@H](C)C[C@H]1Nc1cnn(CC(=O)NCc2ccncc2)c(=O)c1Cl. The monoisotopic (exact) mass is 445 g/mol. The molecule has 1 aliphatic carbocycles. The van der Waals surface area contributed by atoms with Crippen molar-refractivity contribution in [1.82, 2.24) is 20.1 Å². The zero-order chi connectivity index (χ0) is 22.8. The molecule has 0 bridgehead atoms. The average molecular weight is 446 g/mol. The van der Waals surface area contributed by atoms with Crippen LogP contribution in [0.5, 0.6) is 0 Å². The second kappa shape index (κ2) is 9.39. The largest absolute Gasteiger partial charge is 0.379 e. The summed E-state index contributed by atoms with van der Waals surface area (Å²) in [6, 6.07) is 3.84. The predicted molar refractivity (Wildman–Crippen MR) is 123 cm³/mol. The number of carbonyl (C=O) groups is 1. The fourth-order valence-electron chi connectivity index (χ4n) is 4.34. The highest BCUT2D eigenvalue weighted by Crippen LogP contribution is 2.48. The van der Waals surface area contributed by atoms with E-state index in [1.54, 1.807) is 18.6 Å². The molecule has 0 aromatic carbocycles. The number of carbonyl (C=O) groups excluding carboxylic acids is 1. The van der Waals surface area contributed by atoms with Crippen molar-refractivity contribution < 1.29 is 4.79 Å². The fourth-order valence-corrected chi connectivity index (χ4v) is 4.54. The van der Waals surface area contributed by atoms with Gasteiger partial charge in [-0.2, -0.15) is 5.10 Å². The van der Waals surface area contributed by atoms with Crippen LogP contribution < -0.4 is 16.2 Å². The van der Waals surface area contributed by atoms with E-state index < -0.39 is 5.56 Å². The first kappa shape index (κ1) is 23.3. The Bertz CT molecular complexity index is 976. The molecule has 1 aliphatic rings. The highest BCUT2D eigenvalue weighted by molar-refractivity contribution is 6.32. The topological polar surface area (TPSA) is 88.9 Å². The van der Waals surface area contributed by atoms with Crippen LogP contribution in [0.4, 0.5) is 5.69 Å². The second-order valence-electron chi connectivity index (χ2n) is 9.32. The zero-order valence-corrected chi connectivity index (χ0v) is 19.6. The van der Waals surface area contributed by atoms with Crippen molar-refractivity contribution in [2.45, 2.75) is 60.2 Å². The molecule has 2 heterocycles. The van der Waals surface area contributed by atoms with Gasteiger partial charge in [-0.25, -0.2) is 4.68 Å². The number of anilines is 1. The van der Waals surface area contributed by atoms with E-state index in [0.29, 0.717) is 30.0 Å². The molecule has 2 aromatic heterocycles. The summed E-state index contributed by atoms with van der Waals surface area (Å²) in [5, 5.41) is 10.5. The molecule has 7 nitrogen and oxygen atoms in total. The van der Waals surface area contributed by atoms with Gasteiger partial charge in [-0.05, 0) is 47.3 Å². The van der Waals surface area contributed by atoms with Gasteiger partial charge in [-0.3, -0.25) is 14.6 Å². The van der Waals surface area contributed by atoms with Crippen LogP contribution in [0.3, 0.4) is 0 Å². The van der Waals surface area contributed by atoms with Crippen LogP contribution in [-0.2, 0) is 17.9 Å². The molecule has 1 amide bonds. The van der Waals surface area contributed by atoms with Crippen LogP contribution in [0.2, 0.25) is 5.02 Å². The van der Waals surface area contributed by atoms with E-state index in [2.05, 4.69) is 55.3 Å². The van der Waals surface area contributed by atoms with E-state index in [-0.39, 0.29) is 28.9 Å². The molecule has 0 spiro atoms. The van der Waals surface area contributed by atoms with Crippen LogP contribution in [-0.4, -0.2) is 26.7 Å². The first-order valence-corrected chi connectivity index (χ1v) is 11.2. The fraction of sp³-hybridized carbons (Fsp3) is 0.565. The summed E-state index contributed by atoms with van der Waals surface area (Å²) in [6.07, 6.45) is 5.86. The molecule has 0 radical (unpaired) electrons. The van der Waals surface area contributed by atoms with Crippen molar-refractivity contribution in [2.75, 3.05) is 5.32 Å². The van der Waals surface area contributed by atoms with Crippen LogP contribution in [0, 0.1) is 23.2 Å². The molecular weight excluding hydrogens is 414 g/mol. The molecular formula is C23H32ClN5O2. The number of hydrogen-bond acceptors (Lipinski definition) is 5. The van der Waals surface area contributed by atoms with Crippen LogP contribution in [0.15, 0.2) is 35.5 Å². The summed E-state index contributed by atoms with van der Waals surface area (Å²) in [7, 11) is 0. The van der Waals surface area contributed by atoms with Gasteiger partial charge in [0.2, 0.25) is 5.91 Å². The van der Waals surface area contributed by atoms with Gasteiger partial charge in [0.1, 0.15) is 11.6 Å². The Kier molecular flexibility index (Phi) is 7.04. The predicted octanol–water partition coefficient (Wildman–Crippen LogP) is 3.73. The third-order valence-corrected chi connectivity index (χ3v) is 7.70. The number of amides is 1. The molecule has 3 rings (SSSR count). The Morgan fingerprint density at radius 2 is 1.94 bits per heavy atom. The van der Waals surface area contributed by atoms with E-state index in [4.69, 9.17) is 11.6 Å². The lowest BCUT2D eigenvalue weighted by atomic mass is 9.58. The van der Waals surface area contributed by atoms with Crippen molar-refractivity contribution in [2.24, 2.45) is 23.2 Å². The minimum absolute atomic E-state index is 0.0641. The van der Waals surface area contributed by atoms with E-state index in [9.17, 15) is 9.59 Å². The Morgan fingerprint density at radius 3 is 2.61 bits per heavy atom. The molecule has 8 heteroatoms. The molecule has 168 valence electrons. The minimum atomic E-state index is -0.476. The first-order chi connectivity index (χ1) is 14.6. The maximum absolute atomic E-state index is 12.7. The molecule has 1 fully saturated rings. The lowest BCUT2D eigenvalue weighted by Crippen LogP contribution is -2.48. The highest BCUT2D eigenvalue weighted by Gasteiger charge is 2.43. The Labute approximate surface area is 188 Å². The molecule has 2 aromatic rings. The summed E-state index contributed by atoms with van der Waals surface area (Å²) in [5.74, 6) is 1.16. The van der Waals surface area contributed by atoms with Gasteiger partial charge in [0, 0.05) is 25.0 Å². The van der Waals surface area contributed by atoms with Crippen LogP contribution in [0.1, 0.15) is 46.6 Å². The van der Waals surface area contributed by atoms with Crippen molar-refractivity contribution in [3.05, 3.63) is 51.7 Å². The van der Waals surface area contributed by atoms with E-state index in [1.807, 2.05) is 12.1 Å². The zero-order valence-electron chi connectivity index (χ0n) is 18.9. The number of halogens is 1. The van der Waals surface area contributed by atoms with E-state index in [1.165, 1.54) is 0 Å². The number of hydrogen-bond donors (Lipinski definition) is 2. The van der Waals surface area contributed by atoms with Gasteiger partial charge in [0.25, 0.3) is 5.56 Å². The smallest absolute Gasteiger partial charge is 0.288 e. The number of nitrogens with zero attached hydrogens (tertiary/aromatic N) is 3. The van der Waals surface area contributed by atoms with Crippen molar-refractivity contribution in [3.63, 3.8) is 0 Å². The number of aromatic nitrogens is 3. The number of nitrogens with one attached hydrogen (secondary N) is 2. The number of pyridine rings is 1. The maximum Gasteiger partial charge on any atom is 0.288 e. The molecule has 0 saturated heterocycles. The van der Waals surface area contributed by atoms with Gasteiger partial charge >= 0.3 is 0 Å². The molecule has 1 saturated carbocycles. The van der Waals surface area contributed by atoms with Gasteiger partial charge in [0.15, 0.2) is 0 Å². The van der Waals surface area contributed by atoms with Crippen LogP contribution >= 0.6 is 11.6 Å². The van der Waals surface area contributed by atoms with E-state index in [0.717, 1.165) is 16.7 Å². The summed E-state index contributed by atoms with van der Waals surface area (Å²) in [6.45, 7) is 11.6. The molecule has 4 atom stereocenters. The molecule has 2 N–H and O–H groups in total. The summed E-state index contributed by atoms with van der Waals surface area (Å²) >= 11 is 6.38. The standard InChI is InChI=1S/C23H32ClN5O2/c1-14-10-18(15(2)16(3)23(14,4)5)28-19-12-27-29(22(31)21(19)24)13-20(30)26-11-17-6-8-25-9-7-17/h6-9,12,14-16,18,28H,10-11,13H2,1-5H3,(H,26,30)/t14-,15+,16+,18+/m0/s1. The molecule has 0 aliphatic heterocycles. The second-order valence-corrected chi connectivity index (χ2v) is 9.70. The molecule has 0 unspecified atom stereocenters. The van der Waals surface area contributed by atoms with Gasteiger partial charge in [0.05, 0.1) is 11.9 Å². The summed E-state index contributed by atoms with van der Waals surface area (Å²) in [4.78, 5) is 28.9. The minimum Gasteiger partial charge on any atom is -0.379 e. The third kappa shape index (κ3) is 5.09.